The van der Waals surface area contributed by atoms with E-state index in [1.54, 1.807) is 24.3 Å². The number of hydrogen-bond acceptors (Lipinski definition) is 6. The standard InChI is InChI=1S/C24H25ClN4O4S/c1-13-10-14(2)20(15(3)11-13)27-18(30)12-34-21(26-17-8-6-16(25)7-9-17)19-22(31)28(4)24(33)29(5)23(19)32/h6-11,31H,12H2,1-5H3,(H,27,30). The smallest absolute Gasteiger partial charge is 0.333 e. The fourth-order valence-corrected chi connectivity index (χ4v) is 4.46. The van der Waals surface area contributed by atoms with E-state index in [-0.39, 0.29) is 22.3 Å². The third-order valence-electron chi connectivity index (χ3n) is 5.19. The van der Waals surface area contributed by atoms with Gasteiger partial charge in [0.25, 0.3) is 5.56 Å². The molecule has 178 valence electrons. The predicted octanol–water partition coefficient (Wildman–Crippen LogP) is 3.82. The molecule has 0 unspecified atom stereocenters. The summed E-state index contributed by atoms with van der Waals surface area (Å²) >= 11 is 6.94. The first-order valence-electron chi connectivity index (χ1n) is 10.3. The van der Waals surface area contributed by atoms with Crippen LogP contribution in [0, 0.1) is 20.8 Å². The number of benzene rings is 2. The van der Waals surface area contributed by atoms with Gasteiger partial charge in [-0.1, -0.05) is 41.1 Å². The largest absolute Gasteiger partial charge is 0.494 e. The Hall–Kier alpha value is -3.30. The summed E-state index contributed by atoms with van der Waals surface area (Å²) in [6.07, 6.45) is 0. The van der Waals surface area contributed by atoms with Crippen LogP contribution in [-0.4, -0.2) is 30.9 Å². The Labute approximate surface area is 205 Å². The number of carbonyl (C=O) groups is 1. The molecule has 1 aromatic heterocycles. The van der Waals surface area contributed by atoms with Crippen LogP contribution in [0.5, 0.6) is 5.88 Å². The van der Waals surface area contributed by atoms with Crippen molar-refractivity contribution < 1.29 is 9.90 Å². The Morgan fingerprint density at radius 3 is 2.24 bits per heavy atom. The molecule has 1 amide bonds. The van der Waals surface area contributed by atoms with Crippen LogP contribution in [-0.2, 0) is 18.9 Å². The molecule has 34 heavy (non-hydrogen) atoms. The summed E-state index contributed by atoms with van der Waals surface area (Å²) in [6.45, 7) is 5.83. The first-order chi connectivity index (χ1) is 16.0. The van der Waals surface area contributed by atoms with Gasteiger partial charge in [0.2, 0.25) is 11.8 Å². The van der Waals surface area contributed by atoms with Crippen molar-refractivity contribution in [3.8, 4) is 5.88 Å². The summed E-state index contributed by atoms with van der Waals surface area (Å²) < 4.78 is 1.83. The van der Waals surface area contributed by atoms with E-state index < -0.39 is 17.1 Å². The second kappa shape index (κ2) is 10.3. The SMILES string of the molecule is Cc1cc(C)c(NC(=O)CSC(=Nc2ccc(Cl)cc2)c2c(O)n(C)c(=O)n(C)c2=O)c(C)c1. The molecule has 0 aliphatic heterocycles. The average Bonchev–Trinajstić information content (AvgIpc) is 2.78. The molecule has 2 N–H and O–H groups in total. The Bertz CT molecular complexity index is 1390. The Kier molecular flexibility index (Phi) is 7.68. The number of carbonyl (C=O) groups excluding carboxylic acids is 1. The van der Waals surface area contributed by atoms with Crippen LogP contribution in [0.15, 0.2) is 51.0 Å². The number of nitrogens with one attached hydrogen (secondary N) is 1. The molecule has 2 aromatic carbocycles. The molecule has 0 radical (unpaired) electrons. The summed E-state index contributed by atoms with van der Waals surface area (Å²) in [5.74, 6) is -0.908. The van der Waals surface area contributed by atoms with E-state index in [0.29, 0.717) is 10.7 Å². The van der Waals surface area contributed by atoms with Crippen LogP contribution >= 0.6 is 23.4 Å². The highest BCUT2D eigenvalue weighted by Gasteiger charge is 2.22. The van der Waals surface area contributed by atoms with Gasteiger partial charge in [0, 0.05) is 24.8 Å². The maximum absolute atomic E-state index is 12.9. The molecule has 3 aromatic rings. The van der Waals surface area contributed by atoms with Crippen molar-refractivity contribution in [3.05, 3.63) is 84.5 Å². The number of halogens is 1. The molecule has 0 aliphatic rings. The first kappa shape index (κ1) is 25.3. The van der Waals surface area contributed by atoms with Crippen LogP contribution in [0.25, 0.3) is 0 Å². The summed E-state index contributed by atoms with van der Waals surface area (Å²) in [5, 5.41) is 14.1. The number of nitrogens with zero attached hydrogens (tertiary/aromatic N) is 3. The van der Waals surface area contributed by atoms with E-state index >= 15 is 0 Å². The van der Waals surface area contributed by atoms with Gasteiger partial charge in [-0.15, -0.1) is 0 Å². The Morgan fingerprint density at radius 1 is 1.06 bits per heavy atom. The van der Waals surface area contributed by atoms with E-state index in [1.165, 1.54) is 14.1 Å². The van der Waals surface area contributed by atoms with Gasteiger partial charge in [0.05, 0.1) is 11.4 Å². The number of thioether (sulfide) groups is 1. The van der Waals surface area contributed by atoms with Crippen molar-refractivity contribution >= 4 is 45.7 Å². The molecular weight excluding hydrogens is 476 g/mol. The molecule has 10 heteroatoms. The predicted molar refractivity (Wildman–Crippen MR) is 138 cm³/mol. The second-order valence-electron chi connectivity index (χ2n) is 7.91. The van der Waals surface area contributed by atoms with Crippen LogP contribution in [0.2, 0.25) is 5.02 Å². The summed E-state index contributed by atoms with van der Waals surface area (Å²) in [7, 11) is 2.66. The quantitative estimate of drug-likeness (QED) is 0.409. The van der Waals surface area contributed by atoms with Crippen LogP contribution in [0.3, 0.4) is 0 Å². The van der Waals surface area contributed by atoms with Gasteiger partial charge in [-0.05, 0) is 56.2 Å². The number of aliphatic imine (C=N–C) groups is 1. The van der Waals surface area contributed by atoms with Crippen LogP contribution < -0.4 is 16.6 Å². The van der Waals surface area contributed by atoms with Crippen LogP contribution in [0.1, 0.15) is 22.3 Å². The number of aromatic nitrogens is 2. The highest BCUT2D eigenvalue weighted by atomic mass is 35.5. The minimum atomic E-state index is -0.716. The molecular formula is C24H25ClN4O4S. The summed E-state index contributed by atoms with van der Waals surface area (Å²) in [5.41, 5.74) is 2.62. The average molecular weight is 501 g/mol. The number of amides is 1. The summed E-state index contributed by atoms with van der Waals surface area (Å²) in [6, 6.07) is 10.5. The normalized spacial score (nSPS) is 11.5. The molecule has 0 bridgehead atoms. The number of hydrogen-bond donors (Lipinski definition) is 2. The van der Waals surface area contributed by atoms with E-state index in [2.05, 4.69) is 10.3 Å². The summed E-state index contributed by atoms with van der Waals surface area (Å²) in [4.78, 5) is 42.3. The lowest BCUT2D eigenvalue weighted by Gasteiger charge is -2.14. The Balaban J connectivity index is 1.99. The lowest BCUT2D eigenvalue weighted by Crippen LogP contribution is -2.39. The van der Waals surface area contributed by atoms with Gasteiger partial charge in [-0.2, -0.15) is 0 Å². The molecule has 0 saturated carbocycles. The minimum absolute atomic E-state index is 0.0788. The molecule has 3 rings (SSSR count). The zero-order chi connectivity index (χ0) is 25.2. The number of aromatic hydroxyl groups is 1. The lowest BCUT2D eigenvalue weighted by atomic mass is 10.1. The Morgan fingerprint density at radius 2 is 1.65 bits per heavy atom. The van der Waals surface area contributed by atoms with E-state index in [4.69, 9.17) is 11.6 Å². The van der Waals surface area contributed by atoms with Gasteiger partial charge >= 0.3 is 5.69 Å². The van der Waals surface area contributed by atoms with E-state index in [9.17, 15) is 19.5 Å². The van der Waals surface area contributed by atoms with Crippen molar-refractivity contribution in [3.63, 3.8) is 0 Å². The van der Waals surface area contributed by atoms with E-state index in [1.807, 2.05) is 32.9 Å². The number of aryl methyl sites for hydroxylation is 3. The fraction of sp³-hybridized carbons (Fsp3) is 0.250. The zero-order valence-corrected chi connectivity index (χ0v) is 21.0. The van der Waals surface area contributed by atoms with Gasteiger partial charge in [0.1, 0.15) is 10.6 Å². The van der Waals surface area contributed by atoms with Gasteiger partial charge in [-0.25, -0.2) is 9.79 Å². The zero-order valence-electron chi connectivity index (χ0n) is 19.5. The fourth-order valence-electron chi connectivity index (χ4n) is 3.50. The highest BCUT2D eigenvalue weighted by Crippen LogP contribution is 2.26. The second-order valence-corrected chi connectivity index (χ2v) is 9.31. The van der Waals surface area contributed by atoms with E-state index in [0.717, 1.165) is 43.3 Å². The topological polar surface area (TPSA) is 106 Å². The molecule has 0 fully saturated rings. The van der Waals surface area contributed by atoms with Crippen molar-refractivity contribution in [1.29, 1.82) is 0 Å². The molecule has 1 heterocycles. The number of rotatable bonds is 5. The lowest BCUT2D eigenvalue weighted by molar-refractivity contribution is -0.113. The maximum atomic E-state index is 12.9. The maximum Gasteiger partial charge on any atom is 0.333 e. The molecule has 8 nitrogen and oxygen atoms in total. The third-order valence-corrected chi connectivity index (χ3v) is 6.41. The van der Waals surface area contributed by atoms with Gasteiger partial charge in [-0.3, -0.25) is 18.7 Å². The van der Waals surface area contributed by atoms with Crippen molar-refractivity contribution in [1.82, 2.24) is 9.13 Å². The molecule has 0 spiro atoms. The van der Waals surface area contributed by atoms with Crippen LogP contribution in [0.4, 0.5) is 11.4 Å². The van der Waals surface area contributed by atoms with Gasteiger partial charge < -0.3 is 10.4 Å². The number of anilines is 1. The van der Waals surface area contributed by atoms with Crippen molar-refractivity contribution in [2.45, 2.75) is 20.8 Å². The molecule has 0 atom stereocenters. The molecule has 0 aliphatic carbocycles. The monoisotopic (exact) mass is 500 g/mol. The van der Waals surface area contributed by atoms with Crippen molar-refractivity contribution in [2.75, 3.05) is 11.1 Å². The third kappa shape index (κ3) is 5.43. The first-order valence-corrected chi connectivity index (χ1v) is 11.7. The van der Waals surface area contributed by atoms with Crippen molar-refractivity contribution in [2.24, 2.45) is 19.1 Å². The molecule has 0 saturated heterocycles. The van der Waals surface area contributed by atoms with Gasteiger partial charge in [0.15, 0.2) is 0 Å². The highest BCUT2D eigenvalue weighted by molar-refractivity contribution is 8.15. The minimum Gasteiger partial charge on any atom is -0.494 e.